The molecule has 0 saturated heterocycles. The first-order valence-corrected chi connectivity index (χ1v) is 5.81. The van der Waals surface area contributed by atoms with Crippen LogP contribution in [-0.2, 0) is 4.74 Å². The maximum Gasteiger partial charge on any atom is 0.346 e. The highest BCUT2D eigenvalue weighted by Crippen LogP contribution is 2.20. The average molecular weight is 266 g/mol. The van der Waals surface area contributed by atoms with Crippen LogP contribution in [0.1, 0.15) is 31.8 Å². The lowest BCUT2D eigenvalue weighted by atomic mass is 10.1. The average Bonchev–Trinajstić information content (AvgIpc) is 2.73. The van der Waals surface area contributed by atoms with Gasteiger partial charge in [0.05, 0.1) is 11.1 Å². The minimum Gasteiger partial charge on any atom is -0.386 e. The molecule has 1 aliphatic rings. The Bertz CT molecular complexity index is 780. The van der Waals surface area contributed by atoms with E-state index in [9.17, 15) is 14.0 Å². The van der Waals surface area contributed by atoms with E-state index in [1.54, 1.807) is 18.2 Å². The number of carbonyl (C=O) groups excluding carboxylic acids is 2. The van der Waals surface area contributed by atoms with Crippen LogP contribution in [0.15, 0.2) is 42.5 Å². The van der Waals surface area contributed by atoms with E-state index in [1.807, 2.05) is 0 Å². The molecule has 0 amide bonds. The van der Waals surface area contributed by atoms with Gasteiger partial charge in [0.25, 0.3) is 0 Å². The predicted molar refractivity (Wildman–Crippen MR) is 68.6 cm³/mol. The van der Waals surface area contributed by atoms with Gasteiger partial charge in [0.2, 0.25) is 0 Å². The number of hydrogen-bond acceptors (Lipinski definition) is 3. The summed E-state index contributed by atoms with van der Waals surface area (Å²) >= 11 is 0. The van der Waals surface area contributed by atoms with E-state index >= 15 is 0 Å². The molecule has 0 aromatic heterocycles. The van der Waals surface area contributed by atoms with Gasteiger partial charge in [-0.2, -0.15) is 0 Å². The van der Waals surface area contributed by atoms with Crippen molar-refractivity contribution in [3.8, 4) is 11.8 Å². The Morgan fingerprint density at radius 2 is 1.40 bits per heavy atom. The van der Waals surface area contributed by atoms with Gasteiger partial charge >= 0.3 is 11.9 Å². The van der Waals surface area contributed by atoms with Crippen molar-refractivity contribution in [3.05, 3.63) is 70.5 Å². The standard InChI is InChI=1S/C16H7FO3/c17-12-6-3-10(4-7-12)1-2-11-5-8-13-14(9-11)16(19)20-15(13)18/h3-9H. The zero-order valence-electron chi connectivity index (χ0n) is 10.1. The van der Waals surface area contributed by atoms with Gasteiger partial charge in [-0.15, -0.1) is 0 Å². The van der Waals surface area contributed by atoms with E-state index in [4.69, 9.17) is 0 Å². The monoisotopic (exact) mass is 266 g/mol. The Hall–Kier alpha value is -2.93. The number of carbonyl (C=O) groups is 2. The van der Waals surface area contributed by atoms with Crippen LogP contribution in [0, 0.1) is 17.7 Å². The Morgan fingerprint density at radius 3 is 2.15 bits per heavy atom. The van der Waals surface area contributed by atoms with Gasteiger partial charge < -0.3 is 4.74 Å². The predicted octanol–water partition coefficient (Wildman–Crippen LogP) is 2.54. The first-order chi connectivity index (χ1) is 9.63. The largest absolute Gasteiger partial charge is 0.386 e. The molecule has 0 fully saturated rings. The van der Waals surface area contributed by atoms with Gasteiger partial charge in [-0.05, 0) is 42.5 Å². The lowest BCUT2D eigenvalue weighted by Crippen LogP contribution is -1.96. The number of fused-ring (bicyclic) bond motifs is 1. The summed E-state index contributed by atoms with van der Waals surface area (Å²) in [7, 11) is 0. The van der Waals surface area contributed by atoms with Crippen molar-refractivity contribution >= 4 is 11.9 Å². The third kappa shape index (κ3) is 2.17. The van der Waals surface area contributed by atoms with Crippen molar-refractivity contribution in [3.63, 3.8) is 0 Å². The molecular formula is C16H7FO3. The maximum atomic E-state index is 12.7. The summed E-state index contributed by atoms with van der Waals surface area (Å²) in [6, 6.07) is 10.4. The summed E-state index contributed by atoms with van der Waals surface area (Å²) < 4.78 is 17.2. The Kier molecular flexibility index (Phi) is 2.81. The zero-order chi connectivity index (χ0) is 14.1. The van der Waals surface area contributed by atoms with Crippen LogP contribution in [0.3, 0.4) is 0 Å². The molecule has 2 aromatic rings. The van der Waals surface area contributed by atoms with Gasteiger partial charge in [0.1, 0.15) is 5.82 Å². The van der Waals surface area contributed by atoms with Gasteiger partial charge in [0, 0.05) is 11.1 Å². The fourth-order valence-corrected chi connectivity index (χ4v) is 1.84. The topological polar surface area (TPSA) is 43.4 Å². The molecule has 0 bridgehead atoms. The fourth-order valence-electron chi connectivity index (χ4n) is 1.84. The number of benzene rings is 2. The molecule has 0 aliphatic carbocycles. The molecule has 3 nitrogen and oxygen atoms in total. The van der Waals surface area contributed by atoms with Crippen molar-refractivity contribution in [2.24, 2.45) is 0 Å². The number of ether oxygens (including phenoxy) is 1. The van der Waals surface area contributed by atoms with Gasteiger partial charge in [-0.1, -0.05) is 11.8 Å². The molecule has 0 atom stereocenters. The molecule has 0 unspecified atom stereocenters. The molecule has 0 spiro atoms. The quantitative estimate of drug-likeness (QED) is 0.418. The number of rotatable bonds is 0. The zero-order valence-corrected chi connectivity index (χ0v) is 10.1. The van der Waals surface area contributed by atoms with Crippen LogP contribution in [0.4, 0.5) is 4.39 Å². The van der Waals surface area contributed by atoms with E-state index in [-0.39, 0.29) is 16.9 Å². The van der Waals surface area contributed by atoms with Crippen LogP contribution in [0.2, 0.25) is 0 Å². The van der Waals surface area contributed by atoms with Gasteiger partial charge in [0.15, 0.2) is 0 Å². The number of halogens is 1. The van der Waals surface area contributed by atoms with E-state index < -0.39 is 11.9 Å². The number of hydrogen-bond donors (Lipinski definition) is 0. The normalized spacial score (nSPS) is 12.4. The van der Waals surface area contributed by atoms with Crippen molar-refractivity contribution < 1.29 is 18.7 Å². The summed E-state index contributed by atoms with van der Waals surface area (Å²) in [6.45, 7) is 0. The molecule has 0 N–H and O–H groups in total. The summed E-state index contributed by atoms with van der Waals surface area (Å²) in [5, 5.41) is 0. The van der Waals surface area contributed by atoms with E-state index in [1.165, 1.54) is 24.3 Å². The fraction of sp³-hybridized carbons (Fsp3) is 0. The first-order valence-electron chi connectivity index (χ1n) is 5.81. The SMILES string of the molecule is O=C1OC(=O)c2cc(C#Cc3ccc(F)cc3)ccc21. The van der Waals surface area contributed by atoms with Crippen LogP contribution in [-0.4, -0.2) is 11.9 Å². The lowest BCUT2D eigenvalue weighted by molar-refractivity contribution is 0.0444. The molecule has 0 radical (unpaired) electrons. The summed E-state index contributed by atoms with van der Waals surface area (Å²) in [5.41, 5.74) is 1.72. The molecule has 1 aliphatic heterocycles. The minimum atomic E-state index is -0.657. The van der Waals surface area contributed by atoms with Gasteiger partial charge in [-0.25, -0.2) is 14.0 Å². The highest BCUT2D eigenvalue weighted by molar-refractivity contribution is 6.14. The summed E-state index contributed by atoms with van der Waals surface area (Å²) in [4.78, 5) is 22.7. The van der Waals surface area contributed by atoms with E-state index in [0.29, 0.717) is 11.1 Å². The second-order valence-corrected chi connectivity index (χ2v) is 4.19. The second kappa shape index (κ2) is 4.63. The van der Waals surface area contributed by atoms with Crippen molar-refractivity contribution in [1.82, 2.24) is 0 Å². The molecule has 3 rings (SSSR count). The number of esters is 2. The molecule has 20 heavy (non-hydrogen) atoms. The lowest BCUT2D eigenvalue weighted by Gasteiger charge is -1.94. The van der Waals surface area contributed by atoms with Crippen LogP contribution in [0.5, 0.6) is 0 Å². The highest BCUT2D eigenvalue weighted by atomic mass is 19.1. The number of cyclic esters (lactones) is 2. The Morgan fingerprint density at radius 1 is 0.800 bits per heavy atom. The smallest absolute Gasteiger partial charge is 0.346 e. The summed E-state index contributed by atoms with van der Waals surface area (Å²) in [6.07, 6.45) is 0. The van der Waals surface area contributed by atoms with Crippen LogP contribution >= 0.6 is 0 Å². The first kappa shape index (κ1) is 12.1. The van der Waals surface area contributed by atoms with E-state index in [0.717, 1.165) is 0 Å². The maximum absolute atomic E-state index is 12.7. The van der Waals surface area contributed by atoms with Crippen molar-refractivity contribution in [2.75, 3.05) is 0 Å². The third-order valence-corrected chi connectivity index (χ3v) is 2.84. The molecule has 96 valence electrons. The molecular weight excluding hydrogens is 259 g/mol. The van der Waals surface area contributed by atoms with Crippen molar-refractivity contribution in [2.45, 2.75) is 0 Å². The van der Waals surface area contributed by atoms with Crippen LogP contribution < -0.4 is 0 Å². The van der Waals surface area contributed by atoms with Crippen molar-refractivity contribution in [1.29, 1.82) is 0 Å². The Labute approximate surface area is 114 Å². The molecule has 2 aromatic carbocycles. The Balaban J connectivity index is 1.94. The van der Waals surface area contributed by atoms with Gasteiger partial charge in [-0.3, -0.25) is 0 Å². The second-order valence-electron chi connectivity index (χ2n) is 4.19. The highest BCUT2D eigenvalue weighted by Gasteiger charge is 2.29. The molecule has 1 heterocycles. The molecule has 0 saturated carbocycles. The van der Waals surface area contributed by atoms with Crippen LogP contribution in [0.25, 0.3) is 0 Å². The third-order valence-electron chi connectivity index (χ3n) is 2.84. The molecule has 4 heteroatoms. The summed E-state index contributed by atoms with van der Waals surface area (Å²) in [5.74, 6) is 4.09. The minimum absolute atomic E-state index is 0.223. The van der Waals surface area contributed by atoms with E-state index in [2.05, 4.69) is 16.6 Å².